The van der Waals surface area contributed by atoms with Gasteiger partial charge in [-0.05, 0) is 24.1 Å². The fraction of sp³-hybridized carbons (Fsp3) is 0.429. The molecule has 0 fully saturated rings. The van der Waals surface area contributed by atoms with Crippen LogP contribution in [-0.2, 0) is 0 Å². The lowest BCUT2D eigenvalue weighted by Gasteiger charge is -2.32. The molecule has 0 aromatic heterocycles. The van der Waals surface area contributed by atoms with Crippen molar-refractivity contribution in [3.63, 3.8) is 0 Å². The van der Waals surface area contributed by atoms with Crippen LogP contribution in [-0.4, -0.2) is 24.0 Å². The minimum absolute atomic E-state index is 0.114. The van der Waals surface area contributed by atoms with Crippen molar-refractivity contribution in [1.29, 1.82) is 10.5 Å². The molecule has 19 heavy (non-hydrogen) atoms. The van der Waals surface area contributed by atoms with Gasteiger partial charge in [0.25, 0.3) is 0 Å². The first-order chi connectivity index (χ1) is 9.13. The van der Waals surface area contributed by atoms with E-state index in [-0.39, 0.29) is 31.0 Å². The number of rotatable bonds is 6. The average Bonchev–Trinajstić information content (AvgIpc) is 2.41. The molecule has 0 heterocycles. The molecule has 1 aromatic rings. The van der Waals surface area contributed by atoms with Crippen LogP contribution in [0.4, 0.5) is 4.39 Å². The van der Waals surface area contributed by atoms with Crippen molar-refractivity contribution in [2.24, 2.45) is 5.73 Å². The summed E-state index contributed by atoms with van der Waals surface area (Å²) in [5.41, 5.74) is 6.92. The Kier molecular flexibility index (Phi) is 5.95. The van der Waals surface area contributed by atoms with E-state index in [0.29, 0.717) is 6.42 Å². The van der Waals surface area contributed by atoms with E-state index >= 15 is 0 Å². The molecule has 0 radical (unpaired) electrons. The first-order valence-corrected chi connectivity index (χ1v) is 6.13. The summed E-state index contributed by atoms with van der Waals surface area (Å²) in [5, 5.41) is 17.7. The van der Waals surface area contributed by atoms with Gasteiger partial charge in [-0.1, -0.05) is 19.1 Å². The van der Waals surface area contributed by atoms with E-state index in [2.05, 4.69) is 0 Å². The quantitative estimate of drug-likeness (QED) is 0.793. The van der Waals surface area contributed by atoms with E-state index in [1.165, 1.54) is 12.1 Å². The van der Waals surface area contributed by atoms with Gasteiger partial charge in [0.1, 0.15) is 5.82 Å². The molecule has 100 valence electrons. The predicted octanol–water partition coefficient (Wildman–Crippen LogP) is 1.95. The molecule has 0 aliphatic rings. The minimum atomic E-state index is -0.320. The van der Waals surface area contributed by atoms with Crippen LogP contribution in [0.1, 0.15) is 24.9 Å². The topological polar surface area (TPSA) is 76.8 Å². The second-order valence-electron chi connectivity index (χ2n) is 4.29. The molecule has 1 aromatic carbocycles. The van der Waals surface area contributed by atoms with E-state index in [1.54, 1.807) is 17.0 Å². The Labute approximate surface area is 112 Å². The maximum absolute atomic E-state index is 13.0. The van der Waals surface area contributed by atoms with Gasteiger partial charge in [0.2, 0.25) is 0 Å². The van der Waals surface area contributed by atoms with E-state index < -0.39 is 0 Å². The van der Waals surface area contributed by atoms with Crippen molar-refractivity contribution in [3.8, 4) is 12.1 Å². The normalized spacial score (nSPS) is 13.6. The monoisotopic (exact) mass is 260 g/mol. The molecule has 0 saturated carbocycles. The van der Waals surface area contributed by atoms with Crippen molar-refractivity contribution in [2.75, 3.05) is 13.1 Å². The molecule has 0 amide bonds. The van der Waals surface area contributed by atoms with Gasteiger partial charge in [-0.15, -0.1) is 0 Å². The van der Waals surface area contributed by atoms with Crippen molar-refractivity contribution in [1.82, 2.24) is 4.90 Å². The standard InChI is InChI=1S/C14H17FN4/c1-2-13(18)14(19(9-7-16)10-8-17)11-3-5-12(15)6-4-11/h3-6,13-14H,2,9-10,18H2,1H3. The summed E-state index contributed by atoms with van der Waals surface area (Å²) in [6.45, 7) is 2.17. The molecule has 0 aliphatic carbocycles. The van der Waals surface area contributed by atoms with E-state index in [0.717, 1.165) is 5.56 Å². The molecule has 1 rings (SSSR count). The summed E-state index contributed by atoms with van der Waals surface area (Å²) >= 11 is 0. The van der Waals surface area contributed by atoms with Crippen LogP contribution in [0.2, 0.25) is 0 Å². The van der Waals surface area contributed by atoms with Crippen LogP contribution in [0.25, 0.3) is 0 Å². The molecule has 4 nitrogen and oxygen atoms in total. The number of benzene rings is 1. The lowest BCUT2D eigenvalue weighted by Crippen LogP contribution is -2.41. The Balaban J connectivity index is 3.09. The number of hydrogen-bond acceptors (Lipinski definition) is 4. The Morgan fingerprint density at radius 3 is 2.16 bits per heavy atom. The maximum atomic E-state index is 13.0. The minimum Gasteiger partial charge on any atom is -0.326 e. The second kappa shape index (κ2) is 7.48. The summed E-state index contributed by atoms with van der Waals surface area (Å²) in [4.78, 5) is 1.71. The largest absolute Gasteiger partial charge is 0.326 e. The summed E-state index contributed by atoms with van der Waals surface area (Å²) in [6.07, 6.45) is 0.704. The highest BCUT2D eigenvalue weighted by Crippen LogP contribution is 2.25. The molecule has 2 N–H and O–H groups in total. The van der Waals surface area contributed by atoms with E-state index in [9.17, 15) is 4.39 Å². The van der Waals surface area contributed by atoms with E-state index in [1.807, 2.05) is 19.1 Å². The highest BCUT2D eigenvalue weighted by molar-refractivity contribution is 5.22. The third kappa shape index (κ3) is 4.03. The van der Waals surface area contributed by atoms with Crippen molar-refractivity contribution >= 4 is 0 Å². The molecule has 0 saturated heterocycles. The Hall–Kier alpha value is -1.95. The maximum Gasteiger partial charge on any atom is 0.123 e. The van der Waals surface area contributed by atoms with Gasteiger partial charge in [0.05, 0.1) is 31.3 Å². The third-order valence-electron chi connectivity index (χ3n) is 3.03. The molecule has 2 unspecified atom stereocenters. The number of nitrogens with zero attached hydrogens (tertiary/aromatic N) is 3. The van der Waals surface area contributed by atoms with Gasteiger partial charge in [-0.25, -0.2) is 4.39 Å². The lowest BCUT2D eigenvalue weighted by molar-refractivity contribution is 0.212. The van der Waals surface area contributed by atoms with Crippen LogP contribution in [0.5, 0.6) is 0 Å². The Bertz CT molecular complexity index is 456. The lowest BCUT2D eigenvalue weighted by atomic mass is 9.96. The smallest absolute Gasteiger partial charge is 0.123 e. The van der Waals surface area contributed by atoms with Crippen LogP contribution >= 0.6 is 0 Å². The Morgan fingerprint density at radius 2 is 1.74 bits per heavy atom. The number of nitrogens with two attached hydrogens (primary N) is 1. The summed E-state index contributed by atoms with van der Waals surface area (Å²) in [5.74, 6) is -0.320. The highest BCUT2D eigenvalue weighted by atomic mass is 19.1. The van der Waals surface area contributed by atoms with Crippen LogP contribution < -0.4 is 5.73 Å². The number of nitriles is 2. The highest BCUT2D eigenvalue weighted by Gasteiger charge is 2.25. The number of halogens is 1. The molecular formula is C14H17FN4. The SMILES string of the molecule is CCC(N)C(c1ccc(F)cc1)N(CC#N)CC#N. The van der Waals surface area contributed by atoms with Gasteiger partial charge >= 0.3 is 0 Å². The number of hydrogen-bond donors (Lipinski definition) is 1. The van der Waals surface area contributed by atoms with Crippen molar-refractivity contribution in [3.05, 3.63) is 35.6 Å². The van der Waals surface area contributed by atoms with Gasteiger partial charge < -0.3 is 5.73 Å². The first kappa shape index (κ1) is 15.1. The molecule has 0 bridgehead atoms. The van der Waals surface area contributed by atoms with Crippen LogP contribution in [0.15, 0.2) is 24.3 Å². The zero-order valence-corrected chi connectivity index (χ0v) is 10.9. The zero-order chi connectivity index (χ0) is 14.3. The molecule has 0 spiro atoms. The fourth-order valence-electron chi connectivity index (χ4n) is 2.05. The third-order valence-corrected chi connectivity index (χ3v) is 3.03. The average molecular weight is 260 g/mol. The van der Waals surface area contributed by atoms with Gasteiger partial charge in [-0.2, -0.15) is 10.5 Å². The van der Waals surface area contributed by atoms with Crippen LogP contribution in [0.3, 0.4) is 0 Å². The fourth-order valence-corrected chi connectivity index (χ4v) is 2.05. The first-order valence-electron chi connectivity index (χ1n) is 6.13. The molecular weight excluding hydrogens is 243 g/mol. The Morgan fingerprint density at radius 1 is 1.21 bits per heavy atom. The predicted molar refractivity (Wildman–Crippen MR) is 70.2 cm³/mol. The molecule has 2 atom stereocenters. The zero-order valence-electron chi connectivity index (χ0n) is 10.9. The van der Waals surface area contributed by atoms with Crippen LogP contribution in [0, 0.1) is 28.5 Å². The van der Waals surface area contributed by atoms with Crippen molar-refractivity contribution < 1.29 is 4.39 Å². The summed E-state index contributed by atoms with van der Waals surface area (Å²) in [7, 11) is 0. The van der Waals surface area contributed by atoms with Gasteiger partial charge in [-0.3, -0.25) is 4.90 Å². The summed E-state index contributed by atoms with van der Waals surface area (Å²) in [6, 6.07) is 9.63. The summed E-state index contributed by atoms with van der Waals surface area (Å²) < 4.78 is 13.0. The van der Waals surface area contributed by atoms with Gasteiger partial charge in [0, 0.05) is 6.04 Å². The van der Waals surface area contributed by atoms with Gasteiger partial charge in [0.15, 0.2) is 0 Å². The molecule has 5 heteroatoms. The van der Waals surface area contributed by atoms with E-state index in [4.69, 9.17) is 16.3 Å². The molecule has 0 aliphatic heterocycles. The van der Waals surface area contributed by atoms with Crippen molar-refractivity contribution in [2.45, 2.75) is 25.4 Å². The second-order valence-corrected chi connectivity index (χ2v) is 4.29.